The second-order valence-electron chi connectivity index (χ2n) is 5.94. The summed E-state index contributed by atoms with van der Waals surface area (Å²) >= 11 is 0. The highest BCUT2D eigenvalue weighted by atomic mass is 19.4. The van der Waals surface area contributed by atoms with Crippen LogP contribution < -0.4 is 10.1 Å². The minimum absolute atomic E-state index is 0. The Balaban J connectivity index is 0.00000207. The maximum atomic E-state index is 14.7. The Morgan fingerprint density at radius 2 is 1.48 bits per heavy atom. The second kappa shape index (κ2) is 12.5. The Kier molecular flexibility index (Phi) is 10.5. The molecule has 0 radical (unpaired) electrons. The number of nitrogens with zero attached hydrogens (tertiary/aromatic N) is 1. The van der Waals surface area contributed by atoms with Crippen molar-refractivity contribution in [3.8, 4) is 11.5 Å². The van der Waals surface area contributed by atoms with Crippen LogP contribution in [0.2, 0.25) is 0 Å². The van der Waals surface area contributed by atoms with Crippen LogP contribution in [0.1, 0.15) is 50.7 Å². The molecule has 4 nitrogen and oxygen atoms in total. The molecule has 3 rings (SSSR count). The largest absolute Gasteiger partial charge is 0.455 e. The van der Waals surface area contributed by atoms with Gasteiger partial charge in [-0.3, -0.25) is 4.79 Å². The number of aryl methyl sites for hydroxylation is 1. The van der Waals surface area contributed by atoms with Gasteiger partial charge in [0.2, 0.25) is 5.95 Å². The lowest BCUT2D eigenvalue weighted by Crippen LogP contribution is -2.18. The second-order valence-corrected chi connectivity index (χ2v) is 5.94. The number of carbonyl (C=O) groups excluding carboxylic acids is 1. The van der Waals surface area contributed by atoms with Crippen molar-refractivity contribution in [1.82, 2.24) is 4.98 Å². The molecule has 0 unspecified atom stereocenters. The van der Waals surface area contributed by atoms with Gasteiger partial charge >= 0.3 is 6.18 Å². The highest BCUT2D eigenvalue weighted by Crippen LogP contribution is 2.37. The lowest BCUT2D eigenvalue weighted by Gasteiger charge is -2.16. The topological polar surface area (TPSA) is 51.2 Å². The monoisotopic (exact) mass is 470 g/mol. The molecule has 1 amide bonds. The van der Waals surface area contributed by atoms with Crippen molar-refractivity contribution in [3.63, 3.8) is 0 Å². The van der Waals surface area contributed by atoms with E-state index in [1.807, 2.05) is 27.7 Å². The molecule has 1 heterocycles. The summed E-state index contributed by atoms with van der Waals surface area (Å²) in [6, 6.07) is 11.2. The van der Waals surface area contributed by atoms with Crippen LogP contribution in [-0.2, 0) is 6.18 Å². The fourth-order valence-electron chi connectivity index (χ4n) is 2.53. The molecule has 2 aromatic carbocycles. The third kappa shape index (κ3) is 7.27. The van der Waals surface area contributed by atoms with Gasteiger partial charge in [-0.1, -0.05) is 45.9 Å². The number of hydrogen-bond acceptors (Lipinski definition) is 3. The summed E-state index contributed by atoms with van der Waals surface area (Å²) in [6.07, 6.45) is -5.02. The van der Waals surface area contributed by atoms with E-state index in [9.17, 15) is 26.7 Å². The number of hydrogen-bond donors (Lipinski definition) is 1. The van der Waals surface area contributed by atoms with E-state index in [4.69, 9.17) is 4.74 Å². The molecule has 1 N–H and O–H groups in total. The van der Waals surface area contributed by atoms with E-state index in [-0.39, 0.29) is 18.6 Å². The van der Waals surface area contributed by atoms with Gasteiger partial charge in [0.1, 0.15) is 17.1 Å². The van der Waals surface area contributed by atoms with Crippen molar-refractivity contribution in [2.24, 2.45) is 0 Å². The molecule has 0 saturated heterocycles. The first-order valence-electron chi connectivity index (χ1n) is 10.2. The van der Waals surface area contributed by atoms with Crippen LogP contribution in [-0.4, -0.2) is 10.9 Å². The molecular formula is C24H27F5N2O2. The zero-order valence-corrected chi connectivity index (χ0v) is 18.8. The highest BCUT2D eigenvalue weighted by Gasteiger charge is 2.37. The van der Waals surface area contributed by atoms with Gasteiger partial charge in [-0.2, -0.15) is 17.6 Å². The number of amides is 1. The van der Waals surface area contributed by atoms with E-state index < -0.39 is 40.7 Å². The molecular weight excluding hydrogens is 443 g/mol. The summed E-state index contributed by atoms with van der Waals surface area (Å²) < 4.78 is 72.7. The molecule has 3 aromatic rings. The van der Waals surface area contributed by atoms with Crippen LogP contribution in [0.15, 0.2) is 54.6 Å². The van der Waals surface area contributed by atoms with Crippen LogP contribution in [0.3, 0.4) is 0 Å². The Morgan fingerprint density at radius 3 is 2.03 bits per heavy atom. The Hall–Kier alpha value is -3.49. The highest BCUT2D eigenvalue weighted by molar-refractivity contribution is 6.06. The van der Waals surface area contributed by atoms with E-state index in [0.29, 0.717) is 6.07 Å². The van der Waals surface area contributed by atoms with Crippen molar-refractivity contribution in [3.05, 3.63) is 83.2 Å². The normalized spacial score (nSPS) is 10.2. The molecule has 0 atom stereocenters. The number of benzene rings is 2. The number of anilines is 1. The summed E-state index contributed by atoms with van der Waals surface area (Å²) in [5, 5.41) is 2.33. The van der Waals surface area contributed by atoms with Crippen LogP contribution >= 0.6 is 0 Å². The van der Waals surface area contributed by atoms with Crippen molar-refractivity contribution in [2.45, 2.75) is 40.8 Å². The van der Waals surface area contributed by atoms with E-state index >= 15 is 0 Å². The molecule has 0 spiro atoms. The number of rotatable bonds is 4. The predicted molar refractivity (Wildman–Crippen MR) is 120 cm³/mol. The first kappa shape index (κ1) is 27.5. The standard InChI is InChI=1S/C20H13F5N2O2.2C2H6.H2/c1-11-14(9-10-16(21)26-11)29-15-8-7-13(20(23,24)25)18(22)17(15)19(28)27-12-5-3-2-4-6-12;2*1-2;/h2-10H,1H3,(H,27,28);2*1-2H3;1H. The van der Waals surface area contributed by atoms with Crippen molar-refractivity contribution in [2.75, 3.05) is 5.32 Å². The van der Waals surface area contributed by atoms with Crippen molar-refractivity contribution >= 4 is 11.6 Å². The van der Waals surface area contributed by atoms with Gasteiger partial charge in [0, 0.05) is 7.11 Å². The molecule has 1 aromatic heterocycles. The number of para-hydroxylation sites is 1. The lowest BCUT2D eigenvalue weighted by molar-refractivity contribution is -0.140. The summed E-state index contributed by atoms with van der Waals surface area (Å²) in [6.45, 7) is 9.39. The van der Waals surface area contributed by atoms with Gasteiger partial charge in [-0.05, 0) is 43.3 Å². The van der Waals surface area contributed by atoms with Crippen molar-refractivity contribution < 1.29 is 32.9 Å². The quantitative estimate of drug-likeness (QED) is 0.310. The maximum absolute atomic E-state index is 14.7. The SMILES string of the molecule is CC.CC.Cc1nc(F)ccc1Oc1ccc(C(F)(F)F)c(F)c1C(=O)Nc1ccccc1.[HH]. The number of aromatic nitrogens is 1. The number of carbonyl (C=O) groups is 1. The third-order valence-electron chi connectivity index (χ3n) is 3.89. The van der Waals surface area contributed by atoms with Crippen molar-refractivity contribution in [1.29, 1.82) is 0 Å². The Bertz CT molecular complexity index is 1060. The lowest BCUT2D eigenvalue weighted by atomic mass is 10.1. The van der Waals surface area contributed by atoms with Gasteiger partial charge in [0.25, 0.3) is 5.91 Å². The van der Waals surface area contributed by atoms with E-state index in [2.05, 4.69) is 10.3 Å². The molecule has 9 heteroatoms. The predicted octanol–water partition coefficient (Wildman–Crippen LogP) is 8.03. The fourth-order valence-corrected chi connectivity index (χ4v) is 2.53. The molecule has 0 saturated carbocycles. The molecule has 0 fully saturated rings. The average Bonchev–Trinajstić information content (AvgIpc) is 2.78. The molecule has 180 valence electrons. The summed E-state index contributed by atoms with van der Waals surface area (Å²) in [5.74, 6) is -4.23. The van der Waals surface area contributed by atoms with Crippen LogP contribution in [0, 0.1) is 18.7 Å². The van der Waals surface area contributed by atoms with E-state index in [1.54, 1.807) is 18.2 Å². The first-order chi connectivity index (χ1) is 15.7. The molecule has 0 bridgehead atoms. The average molecular weight is 470 g/mol. The van der Waals surface area contributed by atoms with Gasteiger partial charge in [-0.25, -0.2) is 9.37 Å². The van der Waals surface area contributed by atoms with E-state index in [0.717, 1.165) is 12.1 Å². The number of alkyl halides is 3. The zero-order chi connectivity index (χ0) is 25.2. The first-order valence-corrected chi connectivity index (χ1v) is 10.2. The minimum atomic E-state index is -5.02. The van der Waals surface area contributed by atoms with Gasteiger partial charge in [0.15, 0.2) is 5.82 Å². The molecule has 0 aliphatic heterocycles. The smallest absolute Gasteiger partial charge is 0.419 e. The molecule has 0 aliphatic rings. The number of nitrogens with one attached hydrogen (secondary N) is 1. The summed E-state index contributed by atoms with van der Waals surface area (Å²) in [7, 11) is 0. The molecule has 0 aliphatic carbocycles. The van der Waals surface area contributed by atoms with Crippen LogP contribution in [0.4, 0.5) is 27.6 Å². The van der Waals surface area contributed by atoms with E-state index in [1.165, 1.54) is 25.1 Å². The minimum Gasteiger partial charge on any atom is -0.455 e. The van der Waals surface area contributed by atoms with Crippen LogP contribution in [0.5, 0.6) is 11.5 Å². The Labute approximate surface area is 190 Å². The van der Waals surface area contributed by atoms with Gasteiger partial charge in [0.05, 0.1) is 11.3 Å². The fraction of sp³-hybridized carbons (Fsp3) is 0.250. The van der Waals surface area contributed by atoms with Crippen LogP contribution in [0.25, 0.3) is 0 Å². The van der Waals surface area contributed by atoms with Gasteiger partial charge in [-0.15, -0.1) is 0 Å². The van der Waals surface area contributed by atoms with Gasteiger partial charge < -0.3 is 10.1 Å². The summed E-state index contributed by atoms with van der Waals surface area (Å²) in [4.78, 5) is 16.1. The zero-order valence-electron chi connectivity index (χ0n) is 18.8. The number of halogens is 5. The third-order valence-corrected chi connectivity index (χ3v) is 3.89. The molecule has 33 heavy (non-hydrogen) atoms. The summed E-state index contributed by atoms with van der Waals surface area (Å²) in [5.41, 5.74) is -2.23. The number of ether oxygens (including phenoxy) is 1. The number of pyridine rings is 1. The Morgan fingerprint density at radius 1 is 0.909 bits per heavy atom. The maximum Gasteiger partial charge on any atom is 0.419 e.